The Kier molecular flexibility index (Phi) is 3.86. The molecule has 0 spiro atoms. The van der Waals surface area contributed by atoms with Crippen molar-refractivity contribution >= 4 is 12.0 Å². The van der Waals surface area contributed by atoms with E-state index in [9.17, 15) is 14.0 Å². The highest BCUT2D eigenvalue weighted by molar-refractivity contribution is 5.91. The van der Waals surface area contributed by atoms with Crippen molar-refractivity contribution in [3.63, 3.8) is 0 Å². The summed E-state index contributed by atoms with van der Waals surface area (Å²) in [4.78, 5) is 25.7. The van der Waals surface area contributed by atoms with Crippen molar-refractivity contribution in [3.8, 4) is 5.75 Å². The number of carbonyl (C=O) groups excluding carboxylic acids is 1. The molecule has 106 valence electrons. The molecule has 1 aliphatic rings. The van der Waals surface area contributed by atoms with Gasteiger partial charge in [-0.25, -0.2) is 14.0 Å². The van der Waals surface area contributed by atoms with Gasteiger partial charge in [0.05, 0.1) is 12.6 Å². The molecule has 1 saturated carbocycles. The quantitative estimate of drug-likeness (QED) is 0.679. The van der Waals surface area contributed by atoms with Gasteiger partial charge in [0.1, 0.15) is 5.56 Å². The highest BCUT2D eigenvalue weighted by Gasteiger charge is 2.37. The van der Waals surface area contributed by atoms with Crippen LogP contribution in [0.4, 0.5) is 4.39 Å². The number of benzene rings is 1. The Bertz CT molecular complexity index is 587. The van der Waals surface area contributed by atoms with Gasteiger partial charge in [0.25, 0.3) is 0 Å². The molecule has 1 aromatic rings. The van der Waals surface area contributed by atoms with E-state index in [2.05, 4.69) is 4.99 Å². The Morgan fingerprint density at radius 1 is 1.45 bits per heavy atom. The molecule has 5 nitrogen and oxygen atoms in total. The minimum atomic E-state index is -1.29. The summed E-state index contributed by atoms with van der Waals surface area (Å²) in [5, 5.41) is 9.15. The van der Waals surface area contributed by atoms with Crippen LogP contribution < -0.4 is 4.74 Å². The minimum absolute atomic E-state index is 0.269. The highest BCUT2D eigenvalue weighted by atomic mass is 19.1. The van der Waals surface area contributed by atoms with E-state index in [1.54, 1.807) is 0 Å². The Morgan fingerprint density at radius 2 is 2.10 bits per heavy atom. The average molecular weight is 279 g/mol. The van der Waals surface area contributed by atoms with Gasteiger partial charge in [-0.3, -0.25) is 0 Å². The molecule has 1 N–H and O–H groups in total. The van der Waals surface area contributed by atoms with E-state index in [0.717, 1.165) is 12.8 Å². The number of carboxylic acid groups (broad SMARTS) is 1. The molecule has 0 aromatic heterocycles. The number of methoxy groups -OCH3 is 1. The second-order valence-corrected chi connectivity index (χ2v) is 4.79. The monoisotopic (exact) mass is 279 g/mol. The third kappa shape index (κ3) is 2.30. The molecule has 1 aliphatic carbocycles. The van der Waals surface area contributed by atoms with Crippen LogP contribution in [0, 0.1) is 5.82 Å². The van der Waals surface area contributed by atoms with Gasteiger partial charge in [0.2, 0.25) is 6.08 Å². The first kappa shape index (κ1) is 14.2. The van der Waals surface area contributed by atoms with Gasteiger partial charge in [-0.05, 0) is 30.5 Å². The van der Waals surface area contributed by atoms with Gasteiger partial charge < -0.3 is 9.84 Å². The van der Waals surface area contributed by atoms with Crippen LogP contribution in [0.3, 0.4) is 0 Å². The molecule has 0 saturated heterocycles. The number of aliphatic imine (C=N–C) groups is 1. The lowest BCUT2D eigenvalue weighted by Gasteiger charge is -2.24. The van der Waals surface area contributed by atoms with E-state index >= 15 is 0 Å². The van der Waals surface area contributed by atoms with Gasteiger partial charge in [-0.1, -0.05) is 12.8 Å². The summed E-state index contributed by atoms with van der Waals surface area (Å²) >= 11 is 0. The average Bonchev–Trinajstić information content (AvgIpc) is 2.88. The van der Waals surface area contributed by atoms with Crippen LogP contribution in [0.5, 0.6) is 5.75 Å². The number of carbonyl (C=O) groups is 1. The summed E-state index contributed by atoms with van der Waals surface area (Å²) in [6.07, 6.45) is 4.37. The number of nitrogens with zero attached hydrogens (tertiary/aromatic N) is 1. The normalized spacial score (nSPS) is 16.5. The first-order chi connectivity index (χ1) is 9.54. The Balaban J connectivity index is 2.63. The molecule has 0 aliphatic heterocycles. The van der Waals surface area contributed by atoms with Crippen molar-refractivity contribution in [2.24, 2.45) is 4.99 Å². The Morgan fingerprint density at radius 3 is 2.60 bits per heavy atom. The van der Waals surface area contributed by atoms with Crippen molar-refractivity contribution < 1.29 is 23.8 Å². The number of carboxylic acids is 1. The second-order valence-electron chi connectivity index (χ2n) is 4.79. The van der Waals surface area contributed by atoms with E-state index in [0.29, 0.717) is 18.4 Å². The van der Waals surface area contributed by atoms with Crippen LogP contribution in [-0.4, -0.2) is 24.3 Å². The Hall–Kier alpha value is -2.20. The SMILES string of the molecule is COc1c(F)cc(C2(N=C=O)CCCC2)cc1C(=O)O. The molecule has 0 atom stereocenters. The summed E-state index contributed by atoms with van der Waals surface area (Å²) < 4.78 is 18.8. The van der Waals surface area contributed by atoms with Gasteiger partial charge >= 0.3 is 5.97 Å². The molecular weight excluding hydrogens is 265 g/mol. The lowest BCUT2D eigenvalue weighted by atomic mass is 9.87. The number of ether oxygens (including phenoxy) is 1. The zero-order valence-electron chi connectivity index (χ0n) is 11.0. The molecule has 20 heavy (non-hydrogen) atoms. The highest BCUT2D eigenvalue weighted by Crippen LogP contribution is 2.43. The maximum Gasteiger partial charge on any atom is 0.339 e. The first-order valence-corrected chi connectivity index (χ1v) is 6.24. The van der Waals surface area contributed by atoms with Crippen molar-refractivity contribution in [3.05, 3.63) is 29.1 Å². The molecule has 6 heteroatoms. The maximum atomic E-state index is 14.0. The molecular formula is C14H14FNO4. The summed E-state index contributed by atoms with van der Waals surface area (Å²) in [6.45, 7) is 0. The third-order valence-corrected chi connectivity index (χ3v) is 3.71. The van der Waals surface area contributed by atoms with Gasteiger partial charge in [0, 0.05) is 0 Å². The van der Waals surface area contributed by atoms with E-state index in [4.69, 9.17) is 9.84 Å². The molecule has 1 fully saturated rings. The van der Waals surface area contributed by atoms with Crippen LogP contribution in [0.1, 0.15) is 41.6 Å². The predicted octanol–water partition coefficient (Wildman–Crippen LogP) is 2.64. The standard InChI is InChI=1S/C14H14FNO4/c1-20-12-10(13(18)19)6-9(7-11(12)15)14(16-8-17)4-2-3-5-14/h6-7H,2-5H2,1H3,(H,18,19). The van der Waals surface area contributed by atoms with Crippen molar-refractivity contribution in [1.82, 2.24) is 0 Å². The number of hydrogen-bond donors (Lipinski definition) is 1. The van der Waals surface area contributed by atoms with E-state index in [-0.39, 0.29) is 11.3 Å². The van der Waals surface area contributed by atoms with E-state index in [1.807, 2.05) is 0 Å². The van der Waals surface area contributed by atoms with Crippen molar-refractivity contribution in [2.75, 3.05) is 7.11 Å². The topological polar surface area (TPSA) is 76.0 Å². The van der Waals surface area contributed by atoms with Crippen LogP contribution in [0.25, 0.3) is 0 Å². The lowest BCUT2D eigenvalue weighted by Crippen LogP contribution is -2.20. The zero-order chi connectivity index (χ0) is 14.8. The molecule has 0 radical (unpaired) electrons. The number of rotatable bonds is 4. The molecule has 0 bridgehead atoms. The van der Waals surface area contributed by atoms with Gasteiger partial charge in [-0.15, -0.1) is 0 Å². The van der Waals surface area contributed by atoms with Crippen molar-refractivity contribution in [1.29, 1.82) is 0 Å². The molecule has 0 amide bonds. The molecule has 1 aromatic carbocycles. The smallest absolute Gasteiger partial charge is 0.339 e. The van der Waals surface area contributed by atoms with Crippen LogP contribution >= 0.6 is 0 Å². The fourth-order valence-electron chi connectivity index (χ4n) is 2.74. The van der Waals surface area contributed by atoms with Gasteiger partial charge in [0.15, 0.2) is 11.6 Å². The second kappa shape index (κ2) is 5.43. The first-order valence-electron chi connectivity index (χ1n) is 6.24. The fraction of sp³-hybridized carbons (Fsp3) is 0.429. The van der Waals surface area contributed by atoms with E-state index < -0.39 is 17.3 Å². The van der Waals surface area contributed by atoms with Gasteiger partial charge in [-0.2, -0.15) is 4.99 Å². The van der Waals surface area contributed by atoms with Crippen molar-refractivity contribution in [2.45, 2.75) is 31.2 Å². The number of halogens is 1. The zero-order valence-corrected chi connectivity index (χ0v) is 11.0. The fourth-order valence-corrected chi connectivity index (χ4v) is 2.74. The number of isocyanates is 1. The summed E-state index contributed by atoms with van der Waals surface area (Å²) in [5.41, 5.74) is -0.747. The Labute approximate surface area is 115 Å². The molecule has 2 rings (SSSR count). The van der Waals surface area contributed by atoms with E-state index in [1.165, 1.54) is 25.3 Å². The lowest BCUT2D eigenvalue weighted by molar-refractivity contribution is 0.0692. The van der Waals surface area contributed by atoms with Crippen LogP contribution in [-0.2, 0) is 10.3 Å². The summed E-state index contributed by atoms with van der Waals surface area (Å²) in [7, 11) is 1.21. The molecule has 0 unspecified atom stereocenters. The summed E-state index contributed by atoms with van der Waals surface area (Å²) in [5.74, 6) is -2.37. The number of hydrogen-bond acceptors (Lipinski definition) is 4. The maximum absolute atomic E-state index is 14.0. The van der Waals surface area contributed by atoms with Crippen LogP contribution in [0.15, 0.2) is 17.1 Å². The summed E-state index contributed by atoms with van der Waals surface area (Å²) in [6, 6.07) is 2.52. The molecule has 0 heterocycles. The van der Waals surface area contributed by atoms with Crippen LogP contribution in [0.2, 0.25) is 0 Å². The largest absolute Gasteiger partial charge is 0.493 e. The third-order valence-electron chi connectivity index (χ3n) is 3.71. The predicted molar refractivity (Wildman–Crippen MR) is 68.2 cm³/mol. The number of aromatic carboxylic acids is 1. The minimum Gasteiger partial charge on any atom is -0.493 e.